The van der Waals surface area contributed by atoms with E-state index in [9.17, 15) is 0 Å². The Kier molecular flexibility index (Phi) is 5.48. The summed E-state index contributed by atoms with van der Waals surface area (Å²) in [6.45, 7) is 12.4. The first kappa shape index (κ1) is 15.8. The molecule has 1 heterocycles. The molecule has 4 atom stereocenters. The van der Waals surface area contributed by atoms with Crippen molar-refractivity contribution in [3.05, 3.63) is 18.4 Å². The maximum absolute atomic E-state index is 6.83. The van der Waals surface area contributed by atoms with Crippen LogP contribution in [-0.4, -0.2) is 30.2 Å². The largest absolute Gasteiger partial charge is 0.371 e. The smallest absolute Gasteiger partial charge is 0.114 e. The van der Waals surface area contributed by atoms with Gasteiger partial charge in [-0.1, -0.05) is 34.3 Å². The van der Waals surface area contributed by atoms with E-state index in [1.54, 1.807) is 0 Å². The van der Waals surface area contributed by atoms with E-state index in [1.807, 2.05) is 13.1 Å². The fourth-order valence-electron chi connectivity index (χ4n) is 2.89. The van der Waals surface area contributed by atoms with E-state index < -0.39 is 4.87 Å². The second-order valence-electron chi connectivity index (χ2n) is 5.91. The molecule has 0 aromatic rings. The lowest BCUT2D eigenvalue weighted by Crippen LogP contribution is -2.50. The van der Waals surface area contributed by atoms with Crippen LogP contribution in [0.4, 0.5) is 0 Å². The normalized spacial score (nSPS) is 36.1. The zero-order valence-electron chi connectivity index (χ0n) is 12.2. The standard InChI is InChI=1S/C15H26ClNO/c1-7-8-15(16)13(17-6)12(9-10(2)3)18-14(15)11(4)5/h8,10-14,17H,1,9H2,2-6H3/t12-,13+,14+,15-/m1/s1. The topological polar surface area (TPSA) is 21.3 Å². The Labute approximate surface area is 116 Å². The predicted molar refractivity (Wildman–Crippen MR) is 78.1 cm³/mol. The SMILES string of the molecule is C=C=C[C@]1(Cl)[C@H](C(C)C)O[C@H](CC(C)C)[C@@H]1NC. The minimum atomic E-state index is -0.551. The molecule has 0 aromatic carbocycles. The first-order valence-corrected chi connectivity index (χ1v) is 7.13. The molecule has 0 aliphatic carbocycles. The number of halogens is 1. The number of alkyl halides is 1. The van der Waals surface area contributed by atoms with Gasteiger partial charge in [-0.25, -0.2) is 0 Å². The molecule has 0 amide bonds. The molecule has 0 unspecified atom stereocenters. The van der Waals surface area contributed by atoms with Crippen molar-refractivity contribution < 1.29 is 4.74 Å². The van der Waals surface area contributed by atoms with Crippen molar-refractivity contribution >= 4 is 11.6 Å². The van der Waals surface area contributed by atoms with E-state index in [-0.39, 0.29) is 18.2 Å². The van der Waals surface area contributed by atoms with Gasteiger partial charge in [-0.2, -0.15) is 0 Å². The third-order valence-corrected chi connectivity index (χ3v) is 4.11. The van der Waals surface area contributed by atoms with Gasteiger partial charge in [0, 0.05) is 0 Å². The number of nitrogens with one attached hydrogen (secondary N) is 1. The summed E-state index contributed by atoms with van der Waals surface area (Å²) in [7, 11) is 1.94. The lowest BCUT2D eigenvalue weighted by molar-refractivity contribution is 0.00274. The van der Waals surface area contributed by atoms with Crippen LogP contribution in [0.3, 0.4) is 0 Å². The monoisotopic (exact) mass is 271 g/mol. The number of rotatable bonds is 5. The van der Waals surface area contributed by atoms with Crippen LogP contribution in [0.15, 0.2) is 18.4 Å². The Balaban J connectivity index is 3.06. The molecule has 1 saturated heterocycles. The van der Waals surface area contributed by atoms with Crippen molar-refractivity contribution in [2.24, 2.45) is 11.8 Å². The summed E-state index contributed by atoms with van der Waals surface area (Å²) in [4.78, 5) is -0.551. The third-order valence-electron chi connectivity index (χ3n) is 3.55. The minimum Gasteiger partial charge on any atom is -0.371 e. The molecule has 1 fully saturated rings. The lowest BCUT2D eigenvalue weighted by atomic mass is 9.85. The fraction of sp³-hybridized carbons (Fsp3) is 0.800. The van der Waals surface area contributed by atoms with E-state index in [1.165, 1.54) is 0 Å². The number of hydrogen-bond acceptors (Lipinski definition) is 2. The van der Waals surface area contributed by atoms with Crippen molar-refractivity contribution in [2.75, 3.05) is 7.05 Å². The molecule has 3 heteroatoms. The Morgan fingerprint density at radius 2 is 2.06 bits per heavy atom. The van der Waals surface area contributed by atoms with Gasteiger partial charge in [0.25, 0.3) is 0 Å². The highest BCUT2D eigenvalue weighted by molar-refractivity contribution is 6.26. The van der Waals surface area contributed by atoms with Gasteiger partial charge in [0.15, 0.2) is 0 Å². The lowest BCUT2D eigenvalue weighted by Gasteiger charge is -2.31. The molecule has 0 saturated carbocycles. The zero-order chi connectivity index (χ0) is 13.9. The van der Waals surface area contributed by atoms with Gasteiger partial charge in [-0.3, -0.25) is 0 Å². The molecular weight excluding hydrogens is 246 g/mol. The average Bonchev–Trinajstić information content (AvgIpc) is 2.50. The van der Waals surface area contributed by atoms with E-state index in [2.05, 4.69) is 45.3 Å². The van der Waals surface area contributed by atoms with Gasteiger partial charge in [-0.15, -0.1) is 17.3 Å². The molecule has 1 rings (SSSR count). The maximum atomic E-state index is 6.83. The Morgan fingerprint density at radius 3 is 2.44 bits per heavy atom. The summed E-state index contributed by atoms with van der Waals surface area (Å²) < 4.78 is 6.21. The van der Waals surface area contributed by atoms with Gasteiger partial charge in [0.05, 0.1) is 18.2 Å². The van der Waals surface area contributed by atoms with Gasteiger partial charge < -0.3 is 10.1 Å². The summed E-state index contributed by atoms with van der Waals surface area (Å²) >= 11 is 6.83. The van der Waals surface area contributed by atoms with Gasteiger partial charge >= 0.3 is 0 Å². The van der Waals surface area contributed by atoms with Crippen LogP contribution in [0.25, 0.3) is 0 Å². The van der Waals surface area contributed by atoms with Crippen molar-refractivity contribution in [2.45, 2.75) is 57.2 Å². The Hall–Kier alpha value is -0.270. The van der Waals surface area contributed by atoms with Crippen molar-refractivity contribution in [1.82, 2.24) is 5.32 Å². The van der Waals surface area contributed by atoms with Crippen LogP contribution in [0.1, 0.15) is 34.1 Å². The van der Waals surface area contributed by atoms with E-state index in [0.29, 0.717) is 11.8 Å². The van der Waals surface area contributed by atoms with Crippen LogP contribution in [0.2, 0.25) is 0 Å². The predicted octanol–water partition coefficient (Wildman–Crippen LogP) is 3.36. The number of likely N-dealkylation sites (N-methyl/N-ethyl adjacent to an activating group) is 1. The van der Waals surface area contributed by atoms with Crippen molar-refractivity contribution in [3.8, 4) is 0 Å². The highest BCUT2D eigenvalue weighted by Crippen LogP contribution is 2.43. The van der Waals surface area contributed by atoms with E-state index >= 15 is 0 Å². The first-order chi connectivity index (χ1) is 8.36. The molecule has 0 bridgehead atoms. The molecule has 18 heavy (non-hydrogen) atoms. The van der Waals surface area contributed by atoms with Gasteiger partial charge in [-0.05, 0) is 31.4 Å². The van der Waals surface area contributed by atoms with Crippen LogP contribution >= 0.6 is 11.6 Å². The third kappa shape index (κ3) is 3.00. The van der Waals surface area contributed by atoms with Gasteiger partial charge in [0.2, 0.25) is 0 Å². The molecule has 104 valence electrons. The second kappa shape index (κ2) is 6.25. The highest BCUT2D eigenvalue weighted by atomic mass is 35.5. The van der Waals surface area contributed by atoms with E-state index in [4.69, 9.17) is 16.3 Å². The number of hydrogen-bond donors (Lipinski definition) is 1. The molecule has 1 aliphatic rings. The maximum Gasteiger partial charge on any atom is 0.114 e. The molecule has 0 radical (unpaired) electrons. The highest BCUT2D eigenvalue weighted by Gasteiger charge is 2.54. The van der Waals surface area contributed by atoms with Crippen LogP contribution in [0.5, 0.6) is 0 Å². The van der Waals surface area contributed by atoms with Crippen molar-refractivity contribution in [3.63, 3.8) is 0 Å². The molecule has 2 nitrogen and oxygen atoms in total. The molecule has 1 N–H and O–H groups in total. The second-order valence-corrected chi connectivity index (χ2v) is 6.57. The van der Waals surface area contributed by atoms with Crippen LogP contribution < -0.4 is 5.32 Å². The van der Waals surface area contributed by atoms with E-state index in [0.717, 1.165) is 6.42 Å². The fourth-order valence-corrected chi connectivity index (χ4v) is 3.52. The zero-order valence-corrected chi connectivity index (χ0v) is 12.9. The summed E-state index contributed by atoms with van der Waals surface area (Å²) in [5, 5.41) is 3.32. The quantitative estimate of drug-likeness (QED) is 0.612. The van der Waals surface area contributed by atoms with Crippen LogP contribution in [-0.2, 0) is 4.74 Å². The Bertz CT molecular complexity index is 322. The average molecular weight is 272 g/mol. The molecular formula is C15H26ClNO. The molecule has 0 spiro atoms. The van der Waals surface area contributed by atoms with Gasteiger partial charge in [0.1, 0.15) is 4.87 Å². The van der Waals surface area contributed by atoms with Crippen molar-refractivity contribution in [1.29, 1.82) is 0 Å². The molecule has 1 aliphatic heterocycles. The summed E-state index contributed by atoms with van der Waals surface area (Å²) in [6.07, 6.45) is 3.01. The van der Waals surface area contributed by atoms with Crippen LogP contribution in [0, 0.1) is 11.8 Å². The molecule has 0 aromatic heterocycles. The summed E-state index contributed by atoms with van der Waals surface area (Å²) in [5.41, 5.74) is 2.85. The minimum absolute atomic E-state index is 0.00498. The summed E-state index contributed by atoms with van der Waals surface area (Å²) in [5.74, 6) is 0.950. The number of ether oxygens (including phenoxy) is 1. The Morgan fingerprint density at radius 1 is 1.44 bits per heavy atom. The first-order valence-electron chi connectivity index (χ1n) is 6.75. The summed E-state index contributed by atoms with van der Waals surface area (Å²) in [6, 6.07) is 0.100.